The lowest BCUT2D eigenvalue weighted by atomic mass is 9.82. The van der Waals surface area contributed by atoms with Crippen molar-refractivity contribution in [3.63, 3.8) is 0 Å². The first-order chi connectivity index (χ1) is 8.95. The van der Waals surface area contributed by atoms with E-state index in [0.717, 1.165) is 12.8 Å². The molecule has 1 heterocycles. The minimum atomic E-state index is -1.11. The maximum absolute atomic E-state index is 11.7. The molecule has 0 saturated heterocycles. The number of carbonyl (C=O) groups excluding carboxylic acids is 1. The molecule has 1 unspecified atom stereocenters. The number of urea groups is 1. The zero-order valence-corrected chi connectivity index (χ0v) is 11.0. The third-order valence-corrected chi connectivity index (χ3v) is 3.29. The molecule has 7 heteroatoms. The number of hydrogen-bond donors (Lipinski definition) is 3. The van der Waals surface area contributed by atoms with E-state index in [9.17, 15) is 9.59 Å². The van der Waals surface area contributed by atoms with E-state index in [1.54, 1.807) is 13.2 Å². The highest BCUT2D eigenvalue weighted by atomic mass is 16.4. The number of aromatic nitrogens is 2. The number of aliphatic carboxylic acids is 1. The van der Waals surface area contributed by atoms with Crippen LogP contribution in [0.1, 0.15) is 31.4 Å². The summed E-state index contributed by atoms with van der Waals surface area (Å²) in [6, 6.07) is -1.38. The lowest BCUT2D eigenvalue weighted by Gasteiger charge is -2.33. The van der Waals surface area contributed by atoms with Gasteiger partial charge in [0.05, 0.1) is 6.20 Å². The lowest BCUT2D eigenvalue weighted by molar-refractivity contribution is -0.139. The predicted octanol–water partition coefficient (Wildman–Crippen LogP) is 0.643. The summed E-state index contributed by atoms with van der Waals surface area (Å²) in [4.78, 5) is 22.9. The second kappa shape index (κ2) is 5.29. The molecule has 0 aliphatic heterocycles. The Morgan fingerprint density at radius 2 is 2.21 bits per heavy atom. The summed E-state index contributed by atoms with van der Waals surface area (Å²) in [6.07, 6.45) is 4.89. The van der Waals surface area contributed by atoms with Crippen molar-refractivity contribution in [2.24, 2.45) is 13.0 Å². The summed E-state index contributed by atoms with van der Waals surface area (Å²) >= 11 is 0. The van der Waals surface area contributed by atoms with Gasteiger partial charge in [0.1, 0.15) is 0 Å². The molecule has 1 aliphatic carbocycles. The number of carboxylic acids is 1. The average molecular weight is 266 g/mol. The summed E-state index contributed by atoms with van der Waals surface area (Å²) in [5, 5.41) is 18.3. The van der Waals surface area contributed by atoms with Gasteiger partial charge in [-0.1, -0.05) is 6.92 Å². The minimum Gasteiger partial charge on any atom is -0.479 e. The monoisotopic (exact) mass is 266 g/mol. The summed E-state index contributed by atoms with van der Waals surface area (Å²) in [5.74, 6) is -0.482. The summed E-state index contributed by atoms with van der Waals surface area (Å²) in [7, 11) is 1.69. The van der Waals surface area contributed by atoms with E-state index in [1.165, 1.54) is 10.9 Å². The number of aryl methyl sites for hydroxylation is 1. The maximum atomic E-state index is 11.7. The van der Waals surface area contributed by atoms with Crippen molar-refractivity contribution >= 4 is 12.0 Å². The van der Waals surface area contributed by atoms with Gasteiger partial charge in [0, 0.05) is 24.8 Å². The number of rotatable bonds is 4. The second-order valence-electron chi connectivity index (χ2n) is 5.11. The predicted molar refractivity (Wildman–Crippen MR) is 67.4 cm³/mol. The molecule has 2 rings (SSSR count). The molecular weight excluding hydrogens is 248 g/mol. The van der Waals surface area contributed by atoms with Crippen LogP contribution < -0.4 is 10.6 Å². The fourth-order valence-electron chi connectivity index (χ4n) is 2.26. The van der Waals surface area contributed by atoms with Gasteiger partial charge in [-0.3, -0.25) is 4.68 Å². The maximum Gasteiger partial charge on any atom is 0.331 e. The van der Waals surface area contributed by atoms with E-state index in [4.69, 9.17) is 5.11 Å². The van der Waals surface area contributed by atoms with Gasteiger partial charge in [0.25, 0.3) is 0 Å². The van der Waals surface area contributed by atoms with E-state index in [2.05, 4.69) is 22.7 Å². The van der Waals surface area contributed by atoms with Gasteiger partial charge in [-0.2, -0.15) is 5.10 Å². The summed E-state index contributed by atoms with van der Waals surface area (Å²) in [6.45, 7) is 2.12. The number of amides is 2. The molecular formula is C12H18N4O3. The van der Waals surface area contributed by atoms with Crippen LogP contribution in [-0.2, 0) is 11.8 Å². The molecule has 0 aromatic carbocycles. The van der Waals surface area contributed by atoms with Crippen LogP contribution in [0.25, 0.3) is 0 Å². The Balaban J connectivity index is 1.93. The van der Waals surface area contributed by atoms with Crippen molar-refractivity contribution < 1.29 is 14.7 Å². The molecule has 19 heavy (non-hydrogen) atoms. The first-order valence-corrected chi connectivity index (χ1v) is 6.24. The van der Waals surface area contributed by atoms with E-state index in [-0.39, 0.29) is 6.04 Å². The van der Waals surface area contributed by atoms with Crippen LogP contribution in [0.4, 0.5) is 4.79 Å². The third-order valence-electron chi connectivity index (χ3n) is 3.29. The Morgan fingerprint density at radius 3 is 2.68 bits per heavy atom. The Bertz CT molecular complexity index is 479. The molecule has 1 fully saturated rings. The van der Waals surface area contributed by atoms with Crippen LogP contribution >= 0.6 is 0 Å². The highest BCUT2D eigenvalue weighted by molar-refractivity contribution is 5.83. The normalized spacial score (nSPS) is 23.3. The molecule has 1 atom stereocenters. The molecule has 3 N–H and O–H groups in total. The SMILES string of the molecule is CC1CC(NC(=O)NC(C(=O)O)c2cnn(C)c2)C1. The van der Waals surface area contributed by atoms with Gasteiger partial charge >= 0.3 is 12.0 Å². The highest BCUT2D eigenvalue weighted by Gasteiger charge is 2.29. The minimum absolute atomic E-state index is 0.151. The highest BCUT2D eigenvalue weighted by Crippen LogP contribution is 2.26. The molecule has 1 aromatic rings. The van der Waals surface area contributed by atoms with Gasteiger partial charge in [0.2, 0.25) is 0 Å². The van der Waals surface area contributed by atoms with Gasteiger partial charge in [-0.15, -0.1) is 0 Å². The zero-order chi connectivity index (χ0) is 14.0. The molecule has 0 spiro atoms. The van der Waals surface area contributed by atoms with Gasteiger partial charge < -0.3 is 15.7 Å². The Hall–Kier alpha value is -2.05. The molecule has 1 aromatic heterocycles. The fraction of sp³-hybridized carbons (Fsp3) is 0.583. The standard InChI is InChI=1S/C12H18N4O3/c1-7-3-9(4-7)14-12(19)15-10(11(17)18)8-5-13-16(2)6-8/h5-7,9-10H,3-4H2,1-2H3,(H,17,18)(H2,14,15,19). The molecule has 0 radical (unpaired) electrons. The average Bonchev–Trinajstić information content (AvgIpc) is 2.70. The molecule has 0 bridgehead atoms. The molecule has 7 nitrogen and oxygen atoms in total. The molecule has 2 amide bonds. The van der Waals surface area contributed by atoms with Crippen LogP contribution in [0.5, 0.6) is 0 Å². The van der Waals surface area contributed by atoms with E-state index < -0.39 is 18.0 Å². The second-order valence-corrected chi connectivity index (χ2v) is 5.11. The zero-order valence-electron chi connectivity index (χ0n) is 11.0. The number of nitrogens with zero attached hydrogens (tertiary/aromatic N) is 2. The number of carbonyl (C=O) groups is 2. The number of carboxylic acid groups (broad SMARTS) is 1. The van der Waals surface area contributed by atoms with Crippen LogP contribution in [0.3, 0.4) is 0 Å². The smallest absolute Gasteiger partial charge is 0.331 e. The van der Waals surface area contributed by atoms with Crippen molar-refractivity contribution in [2.45, 2.75) is 31.8 Å². The Labute approximate surface area is 111 Å². The lowest BCUT2D eigenvalue weighted by Crippen LogP contribution is -2.49. The first kappa shape index (κ1) is 13.4. The van der Waals surface area contributed by atoms with Crippen LogP contribution in [0, 0.1) is 5.92 Å². The molecule has 104 valence electrons. The summed E-state index contributed by atoms with van der Waals surface area (Å²) < 4.78 is 1.50. The van der Waals surface area contributed by atoms with E-state index >= 15 is 0 Å². The van der Waals surface area contributed by atoms with Crippen LogP contribution in [0.2, 0.25) is 0 Å². The van der Waals surface area contributed by atoms with Crippen molar-refractivity contribution in [2.75, 3.05) is 0 Å². The van der Waals surface area contributed by atoms with Crippen LogP contribution in [-0.4, -0.2) is 32.9 Å². The van der Waals surface area contributed by atoms with Crippen molar-refractivity contribution in [3.8, 4) is 0 Å². The topological polar surface area (TPSA) is 96.2 Å². The number of nitrogens with one attached hydrogen (secondary N) is 2. The molecule has 1 aliphatic rings. The quantitative estimate of drug-likeness (QED) is 0.745. The van der Waals surface area contributed by atoms with Gasteiger partial charge in [0.15, 0.2) is 6.04 Å². The van der Waals surface area contributed by atoms with Crippen molar-refractivity contribution in [3.05, 3.63) is 18.0 Å². The van der Waals surface area contributed by atoms with Crippen molar-refractivity contribution in [1.82, 2.24) is 20.4 Å². The summed E-state index contributed by atoms with van der Waals surface area (Å²) in [5.41, 5.74) is 0.451. The fourth-order valence-corrected chi connectivity index (χ4v) is 2.26. The van der Waals surface area contributed by atoms with Gasteiger partial charge in [-0.25, -0.2) is 9.59 Å². The van der Waals surface area contributed by atoms with Crippen LogP contribution in [0.15, 0.2) is 12.4 Å². The van der Waals surface area contributed by atoms with E-state index in [1.807, 2.05) is 0 Å². The Morgan fingerprint density at radius 1 is 1.53 bits per heavy atom. The van der Waals surface area contributed by atoms with Crippen molar-refractivity contribution in [1.29, 1.82) is 0 Å². The third kappa shape index (κ3) is 3.24. The first-order valence-electron chi connectivity index (χ1n) is 6.24. The van der Waals surface area contributed by atoms with Gasteiger partial charge in [-0.05, 0) is 18.8 Å². The van der Waals surface area contributed by atoms with E-state index in [0.29, 0.717) is 11.5 Å². The number of hydrogen-bond acceptors (Lipinski definition) is 3. The Kier molecular flexibility index (Phi) is 3.73. The molecule has 1 saturated carbocycles. The largest absolute Gasteiger partial charge is 0.479 e.